The second-order valence-corrected chi connectivity index (χ2v) is 3.03. The second kappa shape index (κ2) is 9.07. The molecule has 0 aliphatic heterocycles. The van der Waals surface area contributed by atoms with E-state index in [4.69, 9.17) is 27.1 Å². The molecule has 0 aromatic carbocycles. The summed E-state index contributed by atoms with van der Waals surface area (Å²) < 4.78 is 31.7. The molecule has 7 nitrogen and oxygen atoms in total. The number of hydrogen-bond donors (Lipinski definition) is 4. The van der Waals surface area contributed by atoms with Gasteiger partial charge >= 0.3 is 12.1 Å². The molecule has 0 atom stereocenters. The van der Waals surface area contributed by atoms with E-state index in [9.17, 15) is 18.0 Å². The fraction of sp³-hybridized carbons (Fsp3) is 0.625. The van der Waals surface area contributed by atoms with Gasteiger partial charge in [-0.25, -0.2) is 4.79 Å². The van der Waals surface area contributed by atoms with Crippen LogP contribution in [0, 0.1) is 0 Å². The van der Waals surface area contributed by atoms with Gasteiger partial charge in [0.25, 0.3) is 0 Å². The average molecular weight is 272 g/mol. The summed E-state index contributed by atoms with van der Waals surface area (Å²) in [5.74, 6) is -2.95. The number of halogens is 3. The molecule has 0 radical (unpaired) electrons. The van der Waals surface area contributed by atoms with E-state index in [0.717, 1.165) is 12.8 Å². The Morgan fingerprint density at radius 3 is 1.83 bits per heavy atom. The molecule has 0 fully saturated rings. The first-order valence-corrected chi connectivity index (χ1v) is 4.71. The summed E-state index contributed by atoms with van der Waals surface area (Å²) in [7, 11) is 0. The lowest BCUT2D eigenvalue weighted by atomic mass is 10.2. The molecule has 18 heavy (non-hydrogen) atoms. The van der Waals surface area contributed by atoms with Gasteiger partial charge in [0.05, 0.1) is 0 Å². The van der Waals surface area contributed by atoms with Gasteiger partial charge in [-0.05, 0) is 12.8 Å². The first-order chi connectivity index (χ1) is 8.07. The summed E-state index contributed by atoms with van der Waals surface area (Å²) in [6.45, 7) is 0.565. The van der Waals surface area contributed by atoms with Crippen LogP contribution < -0.4 is 17.2 Å². The van der Waals surface area contributed by atoms with Crippen LogP contribution in [0.3, 0.4) is 0 Å². The number of unbranched alkanes of at least 4 members (excludes halogenated alkanes) is 1. The zero-order valence-corrected chi connectivity index (χ0v) is 9.41. The van der Waals surface area contributed by atoms with Crippen LogP contribution in [-0.4, -0.2) is 35.7 Å². The van der Waals surface area contributed by atoms with Crippen molar-refractivity contribution in [3.63, 3.8) is 0 Å². The van der Waals surface area contributed by atoms with E-state index in [1.807, 2.05) is 0 Å². The highest BCUT2D eigenvalue weighted by atomic mass is 19.4. The molecule has 0 aromatic heterocycles. The van der Waals surface area contributed by atoms with Crippen LogP contribution in [0.25, 0.3) is 0 Å². The van der Waals surface area contributed by atoms with Gasteiger partial charge in [-0.3, -0.25) is 9.79 Å². The quantitative estimate of drug-likeness (QED) is 0.304. The van der Waals surface area contributed by atoms with E-state index in [1.165, 1.54) is 0 Å². The van der Waals surface area contributed by atoms with Crippen molar-refractivity contribution in [1.82, 2.24) is 0 Å². The molecule has 106 valence electrons. The number of nitrogens with zero attached hydrogens (tertiary/aromatic N) is 1. The lowest BCUT2D eigenvalue weighted by molar-refractivity contribution is -0.192. The van der Waals surface area contributed by atoms with Crippen molar-refractivity contribution in [2.45, 2.75) is 25.4 Å². The summed E-state index contributed by atoms with van der Waals surface area (Å²) >= 11 is 0. The topological polar surface area (TPSA) is 145 Å². The largest absolute Gasteiger partial charge is 0.490 e. The minimum atomic E-state index is -5.08. The number of carbonyl (C=O) groups excluding carboxylic acids is 1. The van der Waals surface area contributed by atoms with Crippen molar-refractivity contribution < 1.29 is 27.9 Å². The third-order valence-electron chi connectivity index (χ3n) is 1.37. The maximum Gasteiger partial charge on any atom is 0.490 e. The van der Waals surface area contributed by atoms with Crippen molar-refractivity contribution >= 4 is 17.8 Å². The van der Waals surface area contributed by atoms with Crippen LogP contribution in [0.1, 0.15) is 19.3 Å². The summed E-state index contributed by atoms with van der Waals surface area (Å²) in [6.07, 6.45) is -3.15. The normalized spacial score (nSPS) is 9.94. The number of guanidine groups is 1. The molecule has 0 saturated carbocycles. The fourth-order valence-electron chi connectivity index (χ4n) is 0.619. The van der Waals surface area contributed by atoms with Gasteiger partial charge in [-0.1, -0.05) is 0 Å². The van der Waals surface area contributed by atoms with Crippen LogP contribution >= 0.6 is 0 Å². The Hall–Kier alpha value is -2.00. The summed E-state index contributed by atoms with van der Waals surface area (Å²) in [4.78, 5) is 22.9. The van der Waals surface area contributed by atoms with E-state index >= 15 is 0 Å². The zero-order chi connectivity index (χ0) is 14.8. The minimum absolute atomic E-state index is 0.0871. The van der Waals surface area contributed by atoms with Crippen LogP contribution in [0.15, 0.2) is 4.99 Å². The smallest absolute Gasteiger partial charge is 0.475 e. The molecule has 0 unspecified atom stereocenters. The summed E-state index contributed by atoms with van der Waals surface area (Å²) in [5, 5.41) is 7.12. The standard InChI is InChI=1S/C6H14N4O.C2HF3O2/c7-5(11)3-1-2-4-10-6(8)9;3-2(4,5)1(6)7/h1-4H2,(H2,7,11)(H4,8,9,10);(H,6,7). The summed E-state index contributed by atoms with van der Waals surface area (Å²) in [6, 6.07) is 0. The zero-order valence-electron chi connectivity index (χ0n) is 9.41. The molecule has 0 saturated heterocycles. The van der Waals surface area contributed by atoms with E-state index in [-0.39, 0.29) is 11.9 Å². The molecule has 0 aromatic rings. The Morgan fingerprint density at radius 1 is 1.11 bits per heavy atom. The van der Waals surface area contributed by atoms with Crippen molar-refractivity contribution in [2.75, 3.05) is 6.54 Å². The third-order valence-corrected chi connectivity index (χ3v) is 1.37. The van der Waals surface area contributed by atoms with Crippen LogP contribution in [0.4, 0.5) is 13.2 Å². The second-order valence-electron chi connectivity index (χ2n) is 3.03. The number of nitrogens with two attached hydrogens (primary N) is 3. The van der Waals surface area contributed by atoms with Gasteiger partial charge in [0.1, 0.15) is 0 Å². The highest BCUT2D eigenvalue weighted by Gasteiger charge is 2.38. The van der Waals surface area contributed by atoms with Gasteiger partial charge in [-0.2, -0.15) is 13.2 Å². The Kier molecular flexibility index (Phi) is 9.26. The molecule has 7 N–H and O–H groups in total. The predicted molar refractivity (Wildman–Crippen MR) is 57.4 cm³/mol. The van der Waals surface area contributed by atoms with Gasteiger partial charge in [0.15, 0.2) is 5.96 Å². The number of carbonyl (C=O) groups is 2. The van der Waals surface area contributed by atoms with Crippen LogP contribution in [-0.2, 0) is 9.59 Å². The number of hydrogen-bond acceptors (Lipinski definition) is 3. The van der Waals surface area contributed by atoms with E-state index in [0.29, 0.717) is 13.0 Å². The Labute approximate surface area is 101 Å². The first kappa shape index (κ1) is 18.4. The average Bonchev–Trinajstić information content (AvgIpc) is 2.15. The van der Waals surface area contributed by atoms with Crippen molar-refractivity contribution in [3.8, 4) is 0 Å². The Balaban J connectivity index is 0. The molecule has 0 aliphatic carbocycles. The molecule has 1 amide bonds. The predicted octanol–water partition coefficient (Wildman–Crippen LogP) is -0.451. The highest BCUT2D eigenvalue weighted by molar-refractivity contribution is 5.75. The SMILES string of the molecule is NC(=O)CCCCN=C(N)N.O=C(O)C(F)(F)F. The summed E-state index contributed by atoms with van der Waals surface area (Å²) in [5.41, 5.74) is 15.1. The fourth-order valence-corrected chi connectivity index (χ4v) is 0.619. The van der Waals surface area contributed by atoms with Gasteiger partial charge < -0.3 is 22.3 Å². The van der Waals surface area contributed by atoms with Crippen LogP contribution in [0.5, 0.6) is 0 Å². The first-order valence-electron chi connectivity index (χ1n) is 4.71. The van der Waals surface area contributed by atoms with E-state index in [1.54, 1.807) is 0 Å². The number of primary amides is 1. The minimum Gasteiger partial charge on any atom is -0.475 e. The monoisotopic (exact) mass is 272 g/mol. The highest BCUT2D eigenvalue weighted by Crippen LogP contribution is 2.13. The molecule has 0 bridgehead atoms. The molecule has 0 rings (SSSR count). The van der Waals surface area contributed by atoms with Gasteiger partial charge in [-0.15, -0.1) is 0 Å². The molecule has 0 aliphatic rings. The number of carboxylic acid groups (broad SMARTS) is 1. The van der Waals surface area contributed by atoms with Crippen molar-refractivity contribution in [3.05, 3.63) is 0 Å². The maximum atomic E-state index is 10.6. The number of amides is 1. The van der Waals surface area contributed by atoms with Crippen LogP contribution in [0.2, 0.25) is 0 Å². The van der Waals surface area contributed by atoms with Crippen molar-refractivity contribution in [1.29, 1.82) is 0 Å². The number of carboxylic acids is 1. The lowest BCUT2D eigenvalue weighted by Gasteiger charge is -1.94. The van der Waals surface area contributed by atoms with E-state index < -0.39 is 12.1 Å². The Bertz CT molecular complexity index is 300. The molecule has 10 heteroatoms. The van der Waals surface area contributed by atoms with Gasteiger partial charge in [0.2, 0.25) is 5.91 Å². The number of aliphatic imine (C=N–C) groups is 1. The number of aliphatic carboxylic acids is 1. The van der Waals surface area contributed by atoms with Gasteiger partial charge in [0, 0.05) is 13.0 Å². The Morgan fingerprint density at radius 2 is 1.56 bits per heavy atom. The number of alkyl halides is 3. The third kappa shape index (κ3) is 16.4. The van der Waals surface area contributed by atoms with Crippen molar-refractivity contribution in [2.24, 2.45) is 22.2 Å². The molecule has 0 heterocycles. The lowest BCUT2D eigenvalue weighted by Crippen LogP contribution is -2.23. The maximum absolute atomic E-state index is 10.6. The molecule has 0 spiro atoms. The van der Waals surface area contributed by atoms with E-state index in [2.05, 4.69) is 4.99 Å². The molecular weight excluding hydrogens is 257 g/mol. The number of rotatable bonds is 5. The molecular formula is C8H15F3N4O3.